The van der Waals surface area contributed by atoms with Crippen molar-refractivity contribution in [3.63, 3.8) is 0 Å². The van der Waals surface area contributed by atoms with Crippen molar-refractivity contribution >= 4 is 5.91 Å². The van der Waals surface area contributed by atoms with Crippen molar-refractivity contribution < 1.29 is 9.53 Å². The van der Waals surface area contributed by atoms with Gasteiger partial charge in [0.2, 0.25) is 5.91 Å². The molecule has 5 heteroatoms. The largest absolute Gasteiger partial charge is 0.497 e. The van der Waals surface area contributed by atoms with Crippen LogP contribution < -0.4 is 15.4 Å². The van der Waals surface area contributed by atoms with Gasteiger partial charge in [0.05, 0.1) is 13.2 Å². The number of hydrogen-bond donors (Lipinski definition) is 2. The van der Waals surface area contributed by atoms with Gasteiger partial charge in [0.25, 0.3) is 0 Å². The van der Waals surface area contributed by atoms with Gasteiger partial charge in [-0.15, -0.1) is 0 Å². The highest BCUT2D eigenvalue weighted by molar-refractivity contribution is 5.75. The zero-order valence-corrected chi connectivity index (χ0v) is 15.9. The molecule has 2 atom stereocenters. The molecule has 1 fully saturated rings. The molecular formula is C20H33N3O2. The second kappa shape index (κ2) is 10.4. The first kappa shape index (κ1) is 19.7. The Kier molecular flexibility index (Phi) is 8.22. The third kappa shape index (κ3) is 6.01. The van der Waals surface area contributed by atoms with Crippen LogP contribution in [-0.4, -0.2) is 50.6 Å². The van der Waals surface area contributed by atoms with Crippen LogP contribution in [0.2, 0.25) is 0 Å². The molecule has 0 saturated carbocycles. The number of carbonyl (C=O) groups is 1. The van der Waals surface area contributed by atoms with Crippen LogP contribution in [0.25, 0.3) is 0 Å². The van der Waals surface area contributed by atoms with Gasteiger partial charge >= 0.3 is 0 Å². The van der Waals surface area contributed by atoms with Crippen molar-refractivity contribution in [3.05, 3.63) is 29.8 Å². The Bertz CT molecular complexity index is 525. The van der Waals surface area contributed by atoms with E-state index >= 15 is 0 Å². The van der Waals surface area contributed by atoms with E-state index in [0.717, 1.165) is 38.3 Å². The lowest BCUT2D eigenvalue weighted by atomic mass is 10.0. The van der Waals surface area contributed by atoms with Gasteiger partial charge in [0, 0.05) is 13.0 Å². The summed E-state index contributed by atoms with van der Waals surface area (Å²) in [4.78, 5) is 14.7. The molecule has 1 aromatic carbocycles. The summed E-state index contributed by atoms with van der Waals surface area (Å²) in [5.41, 5.74) is 1.18. The number of hydrogen-bond acceptors (Lipinski definition) is 4. The monoisotopic (exact) mass is 347 g/mol. The minimum absolute atomic E-state index is 0.159. The number of likely N-dealkylation sites (N-methyl/N-ethyl adjacent to an activating group) is 1. The lowest BCUT2D eigenvalue weighted by Crippen LogP contribution is -2.38. The van der Waals surface area contributed by atoms with E-state index in [-0.39, 0.29) is 11.9 Å². The standard InChI is InChI=1S/C20H33N3O2/c1-4-23(5-2)19(17-7-6-8-18(13-17)25-3)15-22-20(24)10-9-16-11-12-21-14-16/h6-8,13,16,19,21H,4-5,9-12,14-15H2,1-3H3,(H,22,24). The maximum Gasteiger partial charge on any atom is 0.220 e. The fraction of sp³-hybridized carbons (Fsp3) is 0.650. The van der Waals surface area contributed by atoms with Gasteiger partial charge in [0.15, 0.2) is 0 Å². The molecule has 1 saturated heterocycles. The van der Waals surface area contributed by atoms with E-state index in [1.165, 1.54) is 12.0 Å². The number of ether oxygens (including phenoxy) is 1. The fourth-order valence-electron chi connectivity index (χ4n) is 3.57. The molecule has 5 nitrogen and oxygen atoms in total. The Labute approximate surface area is 152 Å². The number of methoxy groups -OCH3 is 1. The molecule has 1 amide bonds. The van der Waals surface area contributed by atoms with E-state index < -0.39 is 0 Å². The lowest BCUT2D eigenvalue weighted by Gasteiger charge is -2.30. The van der Waals surface area contributed by atoms with Crippen LogP contribution >= 0.6 is 0 Å². The lowest BCUT2D eigenvalue weighted by molar-refractivity contribution is -0.121. The average Bonchev–Trinajstić information content (AvgIpc) is 3.17. The number of amides is 1. The second-order valence-corrected chi connectivity index (χ2v) is 6.72. The molecule has 1 aliphatic heterocycles. The van der Waals surface area contributed by atoms with Crippen molar-refractivity contribution in [1.29, 1.82) is 0 Å². The molecule has 140 valence electrons. The summed E-state index contributed by atoms with van der Waals surface area (Å²) < 4.78 is 5.36. The molecule has 1 aliphatic rings. The van der Waals surface area contributed by atoms with Crippen molar-refractivity contribution in [2.75, 3.05) is 39.8 Å². The minimum Gasteiger partial charge on any atom is -0.497 e. The Morgan fingerprint density at radius 3 is 2.84 bits per heavy atom. The minimum atomic E-state index is 0.159. The number of nitrogens with one attached hydrogen (secondary N) is 2. The molecule has 2 N–H and O–H groups in total. The number of benzene rings is 1. The molecule has 0 bridgehead atoms. The molecular weight excluding hydrogens is 314 g/mol. The maximum absolute atomic E-state index is 12.3. The Hall–Kier alpha value is -1.59. The summed E-state index contributed by atoms with van der Waals surface area (Å²) in [6, 6.07) is 8.32. The Balaban J connectivity index is 1.94. The SMILES string of the molecule is CCN(CC)C(CNC(=O)CCC1CCNC1)c1cccc(OC)c1. The van der Waals surface area contributed by atoms with Crippen molar-refractivity contribution in [2.45, 2.75) is 39.2 Å². The van der Waals surface area contributed by atoms with E-state index in [1.807, 2.05) is 12.1 Å². The van der Waals surface area contributed by atoms with E-state index in [2.05, 4.69) is 41.5 Å². The van der Waals surface area contributed by atoms with Gasteiger partial charge in [-0.3, -0.25) is 9.69 Å². The topological polar surface area (TPSA) is 53.6 Å². The van der Waals surface area contributed by atoms with Crippen molar-refractivity contribution in [2.24, 2.45) is 5.92 Å². The summed E-state index contributed by atoms with van der Waals surface area (Å²) >= 11 is 0. The average molecular weight is 348 g/mol. The predicted octanol–water partition coefficient (Wildman–Crippen LogP) is 2.58. The quantitative estimate of drug-likeness (QED) is 0.683. The van der Waals surface area contributed by atoms with Gasteiger partial charge < -0.3 is 15.4 Å². The molecule has 2 unspecified atom stereocenters. The van der Waals surface area contributed by atoms with E-state index in [4.69, 9.17) is 4.74 Å². The van der Waals surface area contributed by atoms with Crippen molar-refractivity contribution in [1.82, 2.24) is 15.5 Å². The van der Waals surface area contributed by atoms with Crippen LogP contribution in [0.5, 0.6) is 5.75 Å². The van der Waals surface area contributed by atoms with Crippen LogP contribution in [0, 0.1) is 5.92 Å². The fourth-order valence-corrected chi connectivity index (χ4v) is 3.57. The third-order valence-electron chi connectivity index (χ3n) is 5.17. The Morgan fingerprint density at radius 2 is 2.20 bits per heavy atom. The summed E-state index contributed by atoms with van der Waals surface area (Å²) in [5, 5.41) is 6.51. The highest BCUT2D eigenvalue weighted by Gasteiger charge is 2.20. The molecule has 2 rings (SSSR count). The zero-order valence-electron chi connectivity index (χ0n) is 15.9. The molecule has 0 aliphatic carbocycles. The predicted molar refractivity (Wildman–Crippen MR) is 102 cm³/mol. The molecule has 0 radical (unpaired) electrons. The molecule has 0 spiro atoms. The molecule has 0 aromatic heterocycles. The number of carbonyl (C=O) groups excluding carboxylic acids is 1. The van der Waals surface area contributed by atoms with Gasteiger partial charge in [-0.1, -0.05) is 26.0 Å². The maximum atomic E-state index is 12.3. The van der Waals surface area contributed by atoms with E-state index in [1.54, 1.807) is 7.11 Å². The second-order valence-electron chi connectivity index (χ2n) is 6.72. The van der Waals surface area contributed by atoms with Crippen molar-refractivity contribution in [3.8, 4) is 5.75 Å². The molecule has 1 aromatic rings. The summed E-state index contributed by atoms with van der Waals surface area (Å²) in [6.45, 7) is 8.99. The van der Waals surface area contributed by atoms with Gasteiger partial charge in [0.1, 0.15) is 5.75 Å². The Morgan fingerprint density at radius 1 is 1.40 bits per heavy atom. The van der Waals surface area contributed by atoms with Crippen LogP contribution in [0.4, 0.5) is 0 Å². The third-order valence-corrected chi connectivity index (χ3v) is 5.17. The van der Waals surface area contributed by atoms with Crippen LogP contribution in [-0.2, 0) is 4.79 Å². The summed E-state index contributed by atoms with van der Waals surface area (Å²) in [7, 11) is 1.69. The van der Waals surface area contributed by atoms with Crippen LogP contribution in [0.15, 0.2) is 24.3 Å². The zero-order chi connectivity index (χ0) is 18.1. The number of nitrogens with zero attached hydrogens (tertiary/aromatic N) is 1. The number of rotatable bonds is 10. The molecule has 1 heterocycles. The van der Waals surface area contributed by atoms with Gasteiger partial charge in [-0.2, -0.15) is 0 Å². The first-order valence-corrected chi connectivity index (χ1v) is 9.53. The van der Waals surface area contributed by atoms with Gasteiger partial charge in [-0.25, -0.2) is 0 Å². The smallest absolute Gasteiger partial charge is 0.220 e. The molecule has 25 heavy (non-hydrogen) atoms. The van der Waals surface area contributed by atoms with Gasteiger partial charge in [-0.05, 0) is 62.6 Å². The first-order chi connectivity index (χ1) is 12.2. The summed E-state index contributed by atoms with van der Waals surface area (Å²) in [6.07, 6.45) is 2.79. The highest BCUT2D eigenvalue weighted by atomic mass is 16.5. The van der Waals surface area contributed by atoms with Crippen LogP contribution in [0.1, 0.15) is 44.7 Å². The normalized spacial score (nSPS) is 18.3. The highest BCUT2D eigenvalue weighted by Crippen LogP contribution is 2.24. The van der Waals surface area contributed by atoms with E-state index in [9.17, 15) is 4.79 Å². The van der Waals surface area contributed by atoms with E-state index in [0.29, 0.717) is 18.9 Å². The summed E-state index contributed by atoms with van der Waals surface area (Å²) in [5.74, 6) is 1.67. The van der Waals surface area contributed by atoms with Crippen LogP contribution in [0.3, 0.4) is 0 Å². The first-order valence-electron chi connectivity index (χ1n) is 9.53.